The number of nitrogens with one attached hydrogen (secondary N) is 5. The lowest BCUT2D eigenvalue weighted by Gasteiger charge is -2.35. The molecule has 1 unspecified atom stereocenters. The van der Waals surface area contributed by atoms with E-state index in [1.54, 1.807) is 78.3 Å². The van der Waals surface area contributed by atoms with Crippen molar-refractivity contribution in [2.45, 2.75) is 94.9 Å². The number of hydrogen-bond acceptors (Lipinski definition) is 11. The van der Waals surface area contributed by atoms with Gasteiger partial charge < -0.3 is 41.5 Å². The van der Waals surface area contributed by atoms with E-state index in [4.69, 9.17) is 4.74 Å². The van der Waals surface area contributed by atoms with Gasteiger partial charge in [-0.2, -0.15) is 0 Å². The minimum absolute atomic E-state index is 0.0300. The number of aliphatic hydroxyl groups excluding tert-OH is 1. The number of aliphatic carboxylic acids is 1. The zero-order valence-electron chi connectivity index (χ0n) is 33.8. The van der Waals surface area contributed by atoms with Crippen LogP contribution in [0.3, 0.4) is 0 Å². The average molecular weight is 824 g/mol. The van der Waals surface area contributed by atoms with Gasteiger partial charge in [0.15, 0.2) is 0 Å². The molecule has 60 heavy (non-hydrogen) atoms. The predicted molar refractivity (Wildman–Crippen MR) is 221 cm³/mol. The summed E-state index contributed by atoms with van der Waals surface area (Å²) in [7, 11) is 1.65. The van der Waals surface area contributed by atoms with Crippen molar-refractivity contribution >= 4 is 35.3 Å². The van der Waals surface area contributed by atoms with Gasteiger partial charge in [-0.15, -0.1) is 5.10 Å². The van der Waals surface area contributed by atoms with Crippen LogP contribution in [0.5, 0.6) is 5.75 Å². The SMILES string of the molecule is CN[C@@H](C)C(=O)N[C@H]1Cc2ccc(cc2)NC(=O)CCc2cn(nn2)CCOc2ccc(cc2)C[C@@H](C(=O)O)NC(=O)[C@H](Cc2ccccc2)NC(=O)[C@@H]2CCCN2C1O. The maximum atomic E-state index is 14.2. The summed E-state index contributed by atoms with van der Waals surface area (Å²) < 4.78 is 7.50. The molecule has 6 bridgehead atoms. The molecule has 318 valence electrons. The van der Waals surface area contributed by atoms with Crippen molar-refractivity contribution in [2.75, 3.05) is 25.5 Å². The van der Waals surface area contributed by atoms with Crippen LogP contribution in [0, 0.1) is 0 Å². The molecular weight excluding hydrogens is 771 g/mol. The van der Waals surface area contributed by atoms with E-state index >= 15 is 0 Å². The first-order chi connectivity index (χ1) is 28.9. The second kappa shape index (κ2) is 20.7. The number of amides is 4. The van der Waals surface area contributed by atoms with Gasteiger partial charge in [-0.05, 0) is 74.2 Å². The third-order valence-corrected chi connectivity index (χ3v) is 10.8. The molecule has 6 atom stereocenters. The third-order valence-electron chi connectivity index (χ3n) is 10.8. The summed E-state index contributed by atoms with van der Waals surface area (Å²) >= 11 is 0. The number of aromatic nitrogens is 3. The van der Waals surface area contributed by atoms with Gasteiger partial charge in [0.25, 0.3) is 0 Å². The van der Waals surface area contributed by atoms with Gasteiger partial charge >= 0.3 is 5.97 Å². The minimum atomic E-state index is -1.31. The number of carboxylic acids is 1. The number of benzene rings is 3. The zero-order chi connectivity index (χ0) is 42.6. The van der Waals surface area contributed by atoms with Crippen molar-refractivity contribution in [1.82, 2.24) is 41.2 Å². The summed E-state index contributed by atoms with van der Waals surface area (Å²) in [5.41, 5.74) is 3.37. The number of aliphatic hydroxyl groups is 1. The molecule has 7 N–H and O–H groups in total. The molecule has 1 fully saturated rings. The van der Waals surface area contributed by atoms with Gasteiger partial charge in [0, 0.05) is 44.1 Å². The summed E-state index contributed by atoms with van der Waals surface area (Å²) in [6.07, 6.45) is 2.20. The number of carboxylic acid groups (broad SMARTS) is 1. The molecule has 5 aliphatic heterocycles. The molecule has 3 aromatic carbocycles. The molecule has 0 spiro atoms. The highest BCUT2D eigenvalue weighted by molar-refractivity contribution is 5.92. The van der Waals surface area contributed by atoms with Crippen LogP contribution in [0.2, 0.25) is 0 Å². The first-order valence-corrected chi connectivity index (χ1v) is 20.2. The van der Waals surface area contributed by atoms with E-state index in [2.05, 4.69) is 36.9 Å². The van der Waals surface area contributed by atoms with Gasteiger partial charge in [-0.25, -0.2) is 9.48 Å². The lowest BCUT2D eigenvalue weighted by Crippen LogP contribution is -2.60. The van der Waals surface area contributed by atoms with Crippen molar-refractivity contribution in [3.63, 3.8) is 0 Å². The topological polar surface area (TPSA) is 229 Å². The maximum absolute atomic E-state index is 14.2. The Morgan fingerprint density at radius 2 is 1.63 bits per heavy atom. The Morgan fingerprint density at radius 3 is 2.35 bits per heavy atom. The molecular formula is C43H53N9O8. The average Bonchev–Trinajstić information content (AvgIpc) is 3.93. The van der Waals surface area contributed by atoms with Crippen molar-refractivity contribution < 1.29 is 38.9 Å². The van der Waals surface area contributed by atoms with Crippen LogP contribution in [0.15, 0.2) is 85.1 Å². The Labute approximate surface area is 348 Å². The van der Waals surface area contributed by atoms with Crippen molar-refractivity contribution in [2.24, 2.45) is 0 Å². The van der Waals surface area contributed by atoms with Crippen LogP contribution >= 0.6 is 0 Å². The number of nitrogens with zero attached hydrogens (tertiary/aromatic N) is 4. The van der Waals surface area contributed by atoms with Crippen molar-refractivity contribution in [1.29, 1.82) is 0 Å². The first-order valence-electron chi connectivity index (χ1n) is 20.2. The molecule has 1 aromatic heterocycles. The van der Waals surface area contributed by atoms with E-state index in [1.807, 2.05) is 30.3 Å². The minimum Gasteiger partial charge on any atom is -0.492 e. The molecule has 6 heterocycles. The van der Waals surface area contributed by atoms with Crippen LogP contribution in [0.1, 0.15) is 48.6 Å². The zero-order valence-corrected chi connectivity index (χ0v) is 33.8. The number of carbonyl (C=O) groups excluding carboxylic acids is 4. The Bertz CT molecular complexity index is 2080. The molecule has 0 aliphatic carbocycles. The number of carbonyl (C=O) groups is 5. The number of likely N-dealkylation sites (N-methyl/N-ethyl adjacent to an activating group) is 1. The Balaban J connectivity index is 1.27. The fourth-order valence-corrected chi connectivity index (χ4v) is 7.31. The highest BCUT2D eigenvalue weighted by Gasteiger charge is 2.40. The van der Waals surface area contributed by atoms with Crippen LogP contribution in [0.4, 0.5) is 5.69 Å². The van der Waals surface area contributed by atoms with Gasteiger partial charge in [-0.1, -0.05) is 59.8 Å². The summed E-state index contributed by atoms with van der Waals surface area (Å²) in [5.74, 6) is -2.43. The summed E-state index contributed by atoms with van der Waals surface area (Å²) in [6, 6.07) is 18.3. The highest BCUT2D eigenvalue weighted by Crippen LogP contribution is 2.24. The second-order valence-electron chi connectivity index (χ2n) is 15.2. The van der Waals surface area contributed by atoms with E-state index in [0.29, 0.717) is 55.0 Å². The van der Waals surface area contributed by atoms with Gasteiger partial charge in [-0.3, -0.25) is 24.1 Å². The Hall–Kier alpha value is -6.17. The highest BCUT2D eigenvalue weighted by atomic mass is 16.5. The lowest BCUT2D eigenvalue weighted by atomic mass is 10.0. The molecule has 1 saturated heterocycles. The van der Waals surface area contributed by atoms with E-state index in [0.717, 1.165) is 11.1 Å². The Morgan fingerprint density at radius 1 is 0.917 bits per heavy atom. The largest absolute Gasteiger partial charge is 0.492 e. The molecule has 5 aliphatic rings. The molecule has 17 heteroatoms. The molecule has 4 amide bonds. The van der Waals surface area contributed by atoms with E-state index < -0.39 is 54.2 Å². The number of rotatable bonds is 6. The van der Waals surface area contributed by atoms with Gasteiger partial charge in [0.1, 0.15) is 30.7 Å². The number of anilines is 1. The molecule has 17 nitrogen and oxygen atoms in total. The smallest absolute Gasteiger partial charge is 0.326 e. The quantitative estimate of drug-likeness (QED) is 0.146. The third kappa shape index (κ3) is 12.0. The second-order valence-corrected chi connectivity index (χ2v) is 15.2. The van der Waals surface area contributed by atoms with Crippen molar-refractivity contribution in [3.05, 3.63) is 107 Å². The summed E-state index contributed by atoms with van der Waals surface area (Å²) in [6.45, 7) is 2.71. The molecule has 0 saturated carbocycles. The number of aryl methyl sites for hydroxylation is 1. The van der Waals surface area contributed by atoms with Crippen LogP contribution in [-0.2, 0) is 56.2 Å². The van der Waals surface area contributed by atoms with Gasteiger partial charge in [0.05, 0.1) is 30.4 Å². The van der Waals surface area contributed by atoms with Crippen LogP contribution in [0.25, 0.3) is 0 Å². The molecule has 4 aromatic rings. The molecule has 0 radical (unpaired) electrons. The van der Waals surface area contributed by atoms with Crippen molar-refractivity contribution in [3.8, 4) is 5.75 Å². The fraction of sp³-hybridized carbons (Fsp3) is 0.419. The maximum Gasteiger partial charge on any atom is 0.326 e. The first kappa shape index (κ1) is 43.4. The Kier molecular flexibility index (Phi) is 15.0. The number of ether oxygens (including phenoxy) is 1. The summed E-state index contributed by atoms with van der Waals surface area (Å²) in [4.78, 5) is 68.3. The van der Waals surface area contributed by atoms with E-state index in [1.165, 1.54) is 0 Å². The van der Waals surface area contributed by atoms with Crippen LogP contribution in [-0.4, -0.2) is 116 Å². The van der Waals surface area contributed by atoms with E-state index in [-0.39, 0.29) is 44.1 Å². The lowest BCUT2D eigenvalue weighted by molar-refractivity contribution is -0.142. The number of hydrogen-bond donors (Lipinski definition) is 7. The van der Waals surface area contributed by atoms with Crippen LogP contribution < -0.4 is 31.3 Å². The monoisotopic (exact) mass is 823 g/mol. The van der Waals surface area contributed by atoms with E-state index in [9.17, 15) is 34.2 Å². The fourth-order valence-electron chi connectivity index (χ4n) is 7.31. The normalized spacial score (nSPS) is 23.0. The predicted octanol–water partition coefficient (Wildman–Crippen LogP) is 1.20. The van der Waals surface area contributed by atoms with Gasteiger partial charge in [0.2, 0.25) is 23.6 Å². The summed E-state index contributed by atoms with van der Waals surface area (Å²) in [5, 5.41) is 44.7. The standard InChI is InChI=1S/C43H53N9O8/c1-27(44-2)39(54)47-35-24-29-10-14-31(15-11-29)45-38(53)19-16-32-26-51(50-49-32)21-22-60-33-17-12-30(13-18-33)25-36(43(58)59)48-40(55)34(23-28-7-4-3-5-8-28)46-41(56)37-9-6-20-52(37)42(35)57/h3-5,7-8,10-15,17-18,26-27,34-37,42,44,57H,6,9,16,19-25H2,1-2H3,(H,45,53)(H,46,56)(H,47,54)(H,48,55)(H,58,59)/t27-,34-,35-,36-,37-,42?/m0/s1. The molecule has 9 rings (SSSR count).